The summed E-state index contributed by atoms with van der Waals surface area (Å²) in [5, 5.41) is 20.9. The molecule has 0 aromatic rings. The van der Waals surface area contributed by atoms with Gasteiger partial charge in [-0.1, -0.05) is 13.8 Å². The van der Waals surface area contributed by atoms with Crippen LogP contribution in [0.15, 0.2) is 0 Å². The molecule has 0 saturated carbocycles. The minimum absolute atomic E-state index is 0. The summed E-state index contributed by atoms with van der Waals surface area (Å²) in [6, 6.07) is 0. The van der Waals surface area contributed by atoms with E-state index in [4.69, 9.17) is 5.11 Å². The van der Waals surface area contributed by atoms with Gasteiger partial charge in [0.25, 0.3) is 0 Å². The largest absolute Gasteiger partial charge is 1.00 e. The zero-order valence-electron chi connectivity index (χ0n) is 12.7. The first-order valence-corrected chi connectivity index (χ1v) is 5.48. The van der Waals surface area contributed by atoms with E-state index in [0.717, 1.165) is 6.92 Å². The number of hydrogen-bond acceptors (Lipinski definition) is 6. The van der Waals surface area contributed by atoms with Crippen LogP contribution in [0.25, 0.3) is 0 Å². The molecule has 0 fully saturated rings. The number of nitrogens with one attached hydrogen (secondary N) is 1. The molecule has 19 heavy (non-hydrogen) atoms. The summed E-state index contributed by atoms with van der Waals surface area (Å²) in [4.78, 5) is 32.9. The number of ether oxygens (including phenoxy) is 1. The molecule has 0 radical (unpaired) electrons. The van der Waals surface area contributed by atoms with Crippen LogP contribution >= 0.6 is 0 Å². The van der Waals surface area contributed by atoms with E-state index in [1.165, 1.54) is 13.8 Å². The number of aliphatic hydroxyl groups excluding tert-OH is 2. The van der Waals surface area contributed by atoms with Crippen molar-refractivity contribution < 1.29 is 60.3 Å². The molecular formula is C11H20NNaO6. The van der Waals surface area contributed by atoms with Crippen molar-refractivity contribution >= 4 is 17.8 Å². The first-order chi connectivity index (χ1) is 8.20. The van der Waals surface area contributed by atoms with E-state index in [9.17, 15) is 19.5 Å². The molecule has 0 rings (SSSR count). The van der Waals surface area contributed by atoms with Gasteiger partial charge in [0.15, 0.2) is 0 Å². The van der Waals surface area contributed by atoms with Crippen molar-refractivity contribution in [2.75, 3.05) is 13.2 Å². The van der Waals surface area contributed by atoms with Crippen LogP contribution in [0.3, 0.4) is 0 Å². The van der Waals surface area contributed by atoms with Crippen molar-refractivity contribution in [2.45, 2.75) is 33.3 Å². The zero-order valence-corrected chi connectivity index (χ0v) is 13.7. The Bertz CT molecular complexity index is 337. The number of carbonyl (C=O) groups excluding carboxylic acids is 3. The molecule has 0 heterocycles. The number of amides is 1. The topological polar surface area (TPSA) is 113 Å². The Hall–Kier alpha value is -0.470. The molecule has 0 aliphatic rings. The Morgan fingerprint density at radius 1 is 1.37 bits per heavy atom. The molecule has 1 amide bonds. The Morgan fingerprint density at radius 3 is 2.32 bits per heavy atom. The first kappa shape index (κ1) is 20.8. The monoisotopic (exact) mass is 285 g/mol. The van der Waals surface area contributed by atoms with Gasteiger partial charge in [0.05, 0.1) is 13.0 Å². The maximum Gasteiger partial charge on any atom is 1.00 e. The normalized spacial score (nSPS) is 12.1. The van der Waals surface area contributed by atoms with Gasteiger partial charge in [0.2, 0.25) is 5.91 Å². The Kier molecular flexibility index (Phi) is 10.4. The molecule has 0 aromatic heterocycles. The molecule has 0 aromatic carbocycles. The standard InChI is InChI=1S/C11H19NO6.Na.H/c1-7(14)18-8(15)4-5-12-10(17)9(16)11(2,3)6-13;;/h9,13,16H,4-6H2,1-3H3,(H,12,17);;/q;+1;-1/t9-;;/m0../s1. The third-order valence-electron chi connectivity index (χ3n) is 2.28. The summed E-state index contributed by atoms with van der Waals surface area (Å²) in [5.74, 6) is -2.16. The fourth-order valence-electron chi connectivity index (χ4n) is 1.04. The predicted octanol–water partition coefficient (Wildman–Crippen LogP) is -3.92. The van der Waals surface area contributed by atoms with Crippen molar-refractivity contribution in [2.24, 2.45) is 5.41 Å². The van der Waals surface area contributed by atoms with Crippen molar-refractivity contribution in [3.63, 3.8) is 0 Å². The molecule has 3 N–H and O–H groups in total. The van der Waals surface area contributed by atoms with E-state index in [-0.39, 0.29) is 50.6 Å². The molecule has 8 heteroatoms. The van der Waals surface area contributed by atoms with E-state index in [2.05, 4.69) is 10.1 Å². The van der Waals surface area contributed by atoms with E-state index in [1.807, 2.05) is 0 Å². The fraction of sp³-hybridized carbons (Fsp3) is 0.727. The zero-order chi connectivity index (χ0) is 14.3. The summed E-state index contributed by atoms with van der Waals surface area (Å²) in [6.07, 6.45) is -1.55. The van der Waals surface area contributed by atoms with Gasteiger partial charge in [-0.05, 0) is 0 Å². The van der Waals surface area contributed by atoms with Crippen LogP contribution in [-0.4, -0.2) is 47.3 Å². The maximum atomic E-state index is 11.5. The Morgan fingerprint density at radius 2 is 1.89 bits per heavy atom. The number of rotatable bonds is 6. The van der Waals surface area contributed by atoms with Gasteiger partial charge in [-0.2, -0.15) is 0 Å². The predicted molar refractivity (Wildman–Crippen MR) is 62.4 cm³/mol. The van der Waals surface area contributed by atoms with Gasteiger partial charge in [-0.25, -0.2) is 0 Å². The summed E-state index contributed by atoms with van der Waals surface area (Å²) in [5.41, 5.74) is -0.968. The molecule has 0 aliphatic heterocycles. The van der Waals surface area contributed by atoms with E-state index >= 15 is 0 Å². The van der Waals surface area contributed by atoms with E-state index in [1.54, 1.807) is 0 Å². The summed E-state index contributed by atoms with van der Waals surface area (Å²) >= 11 is 0. The summed E-state index contributed by atoms with van der Waals surface area (Å²) < 4.78 is 4.25. The molecule has 0 aliphatic carbocycles. The first-order valence-electron chi connectivity index (χ1n) is 5.48. The smallest absolute Gasteiger partial charge is 1.00 e. The molecule has 0 unspecified atom stereocenters. The van der Waals surface area contributed by atoms with Gasteiger partial charge in [-0.3, -0.25) is 14.4 Å². The summed E-state index contributed by atoms with van der Waals surface area (Å²) in [6.45, 7) is 3.75. The molecular weight excluding hydrogens is 265 g/mol. The average Bonchev–Trinajstić information content (AvgIpc) is 2.26. The fourth-order valence-corrected chi connectivity index (χ4v) is 1.04. The van der Waals surface area contributed by atoms with Gasteiger partial charge >= 0.3 is 41.5 Å². The van der Waals surface area contributed by atoms with Crippen LogP contribution in [0.2, 0.25) is 0 Å². The van der Waals surface area contributed by atoms with Crippen molar-refractivity contribution in [3.8, 4) is 0 Å². The van der Waals surface area contributed by atoms with Gasteiger partial charge in [0, 0.05) is 18.9 Å². The maximum absolute atomic E-state index is 11.5. The Labute approximate surface area is 135 Å². The second kappa shape index (κ2) is 9.44. The van der Waals surface area contributed by atoms with Gasteiger partial charge < -0.3 is 21.7 Å². The van der Waals surface area contributed by atoms with Crippen molar-refractivity contribution in [1.82, 2.24) is 5.32 Å². The minimum Gasteiger partial charge on any atom is -1.00 e. The van der Waals surface area contributed by atoms with Crippen LogP contribution in [0.5, 0.6) is 0 Å². The van der Waals surface area contributed by atoms with Crippen LogP contribution in [0.1, 0.15) is 28.6 Å². The molecule has 106 valence electrons. The molecule has 0 saturated heterocycles. The number of esters is 2. The quantitative estimate of drug-likeness (QED) is 0.261. The van der Waals surface area contributed by atoms with Crippen molar-refractivity contribution in [3.05, 3.63) is 0 Å². The number of carbonyl (C=O) groups is 3. The molecule has 7 nitrogen and oxygen atoms in total. The molecule has 0 bridgehead atoms. The minimum atomic E-state index is -1.38. The number of aliphatic hydroxyl groups is 2. The van der Waals surface area contributed by atoms with E-state index in [0.29, 0.717) is 0 Å². The SMILES string of the molecule is CC(=O)OC(=O)CCNC(=O)[C@H](O)C(C)(C)CO.[H-].[Na+]. The molecule has 0 spiro atoms. The second-order valence-corrected chi connectivity index (χ2v) is 4.56. The number of hydrogen-bond donors (Lipinski definition) is 3. The molecule has 1 atom stereocenters. The Balaban J connectivity index is -0.00000144. The van der Waals surface area contributed by atoms with Crippen LogP contribution in [0.4, 0.5) is 0 Å². The second-order valence-electron chi connectivity index (χ2n) is 4.56. The summed E-state index contributed by atoms with van der Waals surface area (Å²) in [7, 11) is 0. The van der Waals surface area contributed by atoms with Gasteiger partial charge in [-0.15, -0.1) is 0 Å². The van der Waals surface area contributed by atoms with Crippen LogP contribution in [-0.2, 0) is 19.1 Å². The van der Waals surface area contributed by atoms with E-state index < -0.39 is 29.4 Å². The van der Waals surface area contributed by atoms with Crippen LogP contribution in [0, 0.1) is 5.41 Å². The third-order valence-corrected chi connectivity index (χ3v) is 2.28. The average molecular weight is 285 g/mol. The van der Waals surface area contributed by atoms with Crippen LogP contribution < -0.4 is 34.9 Å². The third kappa shape index (κ3) is 8.33. The van der Waals surface area contributed by atoms with Gasteiger partial charge in [0.1, 0.15) is 6.10 Å². The van der Waals surface area contributed by atoms with Crippen molar-refractivity contribution in [1.29, 1.82) is 0 Å².